The molecule has 0 aliphatic heterocycles. The molecule has 0 spiro atoms. The summed E-state index contributed by atoms with van der Waals surface area (Å²) in [7, 11) is 0. The fourth-order valence-corrected chi connectivity index (χ4v) is 2.34. The zero-order chi connectivity index (χ0) is 18.2. The van der Waals surface area contributed by atoms with Gasteiger partial charge in [-0.25, -0.2) is 23.1 Å². The second-order valence-electron chi connectivity index (χ2n) is 6.41. The molecule has 3 aromatic rings. The van der Waals surface area contributed by atoms with Gasteiger partial charge in [0.2, 0.25) is 0 Å². The van der Waals surface area contributed by atoms with Crippen LogP contribution in [0, 0.1) is 5.82 Å². The van der Waals surface area contributed by atoms with Crippen LogP contribution in [0.3, 0.4) is 0 Å². The van der Waals surface area contributed by atoms with Crippen LogP contribution in [-0.4, -0.2) is 27.1 Å². The van der Waals surface area contributed by atoms with Crippen molar-refractivity contribution in [1.82, 2.24) is 15.0 Å². The van der Waals surface area contributed by atoms with Gasteiger partial charge in [0.25, 0.3) is 6.43 Å². The van der Waals surface area contributed by atoms with E-state index in [1.54, 1.807) is 20.0 Å². The van der Waals surface area contributed by atoms with E-state index in [0.29, 0.717) is 16.6 Å². The lowest BCUT2D eigenvalue weighted by Gasteiger charge is -2.20. The van der Waals surface area contributed by atoms with E-state index < -0.39 is 23.5 Å². The van der Waals surface area contributed by atoms with Gasteiger partial charge in [0.15, 0.2) is 0 Å². The Morgan fingerprint density at radius 3 is 2.76 bits per heavy atom. The highest BCUT2D eigenvalue weighted by Crippen LogP contribution is 2.33. The molecule has 3 N–H and O–H groups in total. The minimum absolute atomic E-state index is 0.0265. The fourth-order valence-electron chi connectivity index (χ4n) is 2.34. The Labute approximate surface area is 142 Å². The summed E-state index contributed by atoms with van der Waals surface area (Å²) in [6.45, 7) is 3.52. The van der Waals surface area contributed by atoms with Crippen LogP contribution in [0.2, 0.25) is 0 Å². The summed E-state index contributed by atoms with van der Waals surface area (Å²) in [6, 6.07) is 4.23. The van der Waals surface area contributed by atoms with Crippen LogP contribution in [-0.2, 0) is 0 Å². The first-order valence-corrected chi connectivity index (χ1v) is 7.58. The van der Waals surface area contributed by atoms with Crippen molar-refractivity contribution in [3.8, 4) is 17.0 Å². The lowest BCUT2D eigenvalue weighted by Crippen LogP contribution is -2.38. The summed E-state index contributed by atoms with van der Waals surface area (Å²) in [4.78, 5) is 10.8. The molecule has 0 unspecified atom stereocenters. The molecular formula is C17H17F3N4O. The number of fused-ring (bicyclic) bond motifs is 1. The topological polar surface area (TPSA) is 76.8 Å². The number of aromatic amines is 1. The van der Waals surface area contributed by atoms with E-state index in [9.17, 15) is 13.2 Å². The Balaban J connectivity index is 2.02. The Morgan fingerprint density at radius 1 is 1.32 bits per heavy atom. The molecule has 0 saturated carbocycles. The zero-order valence-corrected chi connectivity index (χ0v) is 13.7. The normalized spacial score (nSPS) is 12.1. The molecule has 0 saturated heterocycles. The third kappa shape index (κ3) is 3.74. The van der Waals surface area contributed by atoms with Gasteiger partial charge in [0.1, 0.15) is 29.5 Å². The van der Waals surface area contributed by atoms with Crippen molar-refractivity contribution in [3.63, 3.8) is 0 Å². The van der Waals surface area contributed by atoms with Crippen molar-refractivity contribution in [1.29, 1.82) is 0 Å². The molecule has 0 aliphatic carbocycles. The van der Waals surface area contributed by atoms with Crippen molar-refractivity contribution < 1.29 is 17.9 Å². The third-order valence-corrected chi connectivity index (χ3v) is 3.47. The molecule has 0 aromatic carbocycles. The molecule has 0 aliphatic rings. The molecule has 3 heterocycles. The second kappa shape index (κ2) is 6.36. The van der Waals surface area contributed by atoms with E-state index in [0.717, 1.165) is 6.20 Å². The number of alkyl halides is 2. The number of halogens is 3. The van der Waals surface area contributed by atoms with Crippen LogP contribution in [0.4, 0.5) is 13.2 Å². The number of hydrogen-bond donors (Lipinski definition) is 2. The van der Waals surface area contributed by atoms with Crippen LogP contribution in [0.25, 0.3) is 22.3 Å². The highest BCUT2D eigenvalue weighted by atomic mass is 19.3. The molecule has 0 bridgehead atoms. The molecule has 3 rings (SSSR count). The highest BCUT2D eigenvalue weighted by molar-refractivity contribution is 5.92. The number of H-pyrrole nitrogens is 1. The van der Waals surface area contributed by atoms with E-state index in [1.165, 1.54) is 18.2 Å². The van der Waals surface area contributed by atoms with Gasteiger partial charge >= 0.3 is 0 Å². The highest BCUT2D eigenvalue weighted by Gasteiger charge is 2.21. The molecule has 3 aromatic heterocycles. The van der Waals surface area contributed by atoms with Crippen molar-refractivity contribution in [2.45, 2.75) is 25.8 Å². The number of pyridine rings is 2. The van der Waals surface area contributed by atoms with Gasteiger partial charge in [-0.3, -0.25) is 0 Å². The maximum absolute atomic E-state index is 13.4. The average molecular weight is 350 g/mol. The molecule has 25 heavy (non-hydrogen) atoms. The molecule has 8 heteroatoms. The molecule has 132 valence electrons. The second-order valence-corrected chi connectivity index (χ2v) is 6.41. The number of nitrogens with one attached hydrogen (secondary N) is 1. The first-order chi connectivity index (χ1) is 11.7. The summed E-state index contributed by atoms with van der Waals surface area (Å²) in [5, 5.41) is 0.462. The summed E-state index contributed by atoms with van der Waals surface area (Å²) in [6.07, 6.45) is -0.194. The van der Waals surface area contributed by atoms with E-state index in [-0.39, 0.29) is 18.1 Å². The number of ether oxygens (including phenoxy) is 1. The van der Waals surface area contributed by atoms with Crippen molar-refractivity contribution in [3.05, 3.63) is 42.1 Å². The van der Waals surface area contributed by atoms with Gasteiger partial charge < -0.3 is 15.5 Å². The van der Waals surface area contributed by atoms with E-state index in [2.05, 4.69) is 15.0 Å². The number of hydrogen-bond acceptors (Lipinski definition) is 4. The van der Waals surface area contributed by atoms with Gasteiger partial charge in [0, 0.05) is 22.7 Å². The molecule has 5 nitrogen and oxygen atoms in total. The minimum atomic E-state index is -2.82. The predicted octanol–water partition coefficient (Wildman–Crippen LogP) is 3.82. The van der Waals surface area contributed by atoms with E-state index in [1.807, 2.05) is 0 Å². The van der Waals surface area contributed by atoms with Gasteiger partial charge in [-0.15, -0.1) is 0 Å². The SMILES string of the molecule is CC(C)(N)COc1ccc(-c2c[nH]c3ncc(F)cc23)nc1C(F)F. The standard InChI is InChI=1S/C17H17F3N4O/c1-17(2,21)8-25-13-4-3-12(24-14(13)15(19)20)11-7-23-16-10(11)5-9(18)6-22-16/h3-7,15H,8,21H2,1-2H3,(H,22,23). The number of rotatable bonds is 5. The van der Waals surface area contributed by atoms with Crippen LogP contribution < -0.4 is 10.5 Å². The first-order valence-electron chi connectivity index (χ1n) is 7.58. The third-order valence-electron chi connectivity index (χ3n) is 3.47. The number of nitrogens with two attached hydrogens (primary N) is 1. The first kappa shape index (κ1) is 17.2. The Hall–Kier alpha value is -2.61. The molecule has 0 fully saturated rings. The molecule has 0 radical (unpaired) electrons. The van der Waals surface area contributed by atoms with Crippen molar-refractivity contribution in [2.75, 3.05) is 6.61 Å². The maximum Gasteiger partial charge on any atom is 0.284 e. The summed E-state index contributed by atoms with van der Waals surface area (Å²) >= 11 is 0. The Bertz CT molecular complexity index is 903. The summed E-state index contributed by atoms with van der Waals surface area (Å²) in [5.41, 5.74) is 5.86. The zero-order valence-electron chi connectivity index (χ0n) is 13.7. The molecule has 0 amide bonds. The van der Waals surface area contributed by atoms with Crippen LogP contribution in [0.15, 0.2) is 30.6 Å². The van der Waals surface area contributed by atoms with Crippen LogP contribution in [0.1, 0.15) is 26.0 Å². The molecule has 0 atom stereocenters. The number of nitrogens with zero attached hydrogens (tertiary/aromatic N) is 2. The summed E-state index contributed by atoms with van der Waals surface area (Å²) < 4.78 is 45.6. The lowest BCUT2D eigenvalue weighted by molar-refractivity contribution is 0.137. The monoisotopic (exact) mass is 350 g/mol. The van der Waals surface area contributed by atoms with Gasteiger partial charge in [0.05, 0.1) is 11.9 Å². The Kier molecular flexibility index (Phi) is 4.38. The largest absolute Gasteiger partial charge is 0.490 e. The van der Waals surface area contributed by atoms with Crippen LogP contribution >= 0.6 is 0 Å². The fraction of sp³-hybridized carbons (Fsp3) is 0.294. The molecular weight excluding hydrogens is 333 g/mol. The van der Waals surface area contributed by atoms with Gasteiger partial charge in [-0.2, -0.15) is 0 Å². The van der Waals surface area contributed by atoms with Crippen LogP contribution in [0.5, 0.6) is 5.75 Å². The van der Waals surface area contributed by atoms with E-state index in [4.69, 9.17) is 10.5 Å². The smallest absolute Gasteiger partial charge is 0.284 e. The van der Waals surface area contributed by atoms with E-state index >= 15 is 0 Å². The Morgan fingerprint density at radius 2 is 2.08 bits per heavy atom. The maximum atomic E-state index is 13.4. The van der Waals surface area contributed by atoms with Gasteiger partial charge in [-0.05, 0) is 32.0 Å². The van der Waals surface area contributed by atoms with Crippen molar-refractivity contribution in [2.24, 2.45) is 5.73 Å². The minimum Gasteiger partial charge on any atom is -0.490 e. The lowest BCUT2D eigenvalue weighted by atomic mass is 10.1. The van der Waals surface area contributed by atoms with Gasteiger partial charge in [-0.1, -0.05) is 0 Å². The predicted molar refractivity (Wildman–Crippen MR) is 88.0 cm³/mol. The average Bonchev–Trinajstić information content (AvgIpc) is 2.95. The quantitative estimate of drug-likeness (QED) is 0.733. The summed E-state index contributed by atoms with van der Waals surface area (Å²) in [5.74, 6) is -0.547. The van der Waals surface area contributed by atoms with Crippen molar-refractivity contribution >= 4 is 11.0 Å². The number of aromatic nitrogens is 3.